The van der Waals surface area contributed by atoms with Gasteiger partial charge < -0.3 is 0 Å². The Hall–Kier alpha value is -5.47. The topological polar surface area (TPSA) is 24.4 Å². The molecule has 2 heteroatoms. The zero-order valence-electron chi connectivity index (χ0n) is 22.4. The Morgan fingerprint density at radius 1 is 0.341 bits per heavy atom. The van der Waals surface area contributed by atoms with Gasteiger partial charge in [-0.25, -0.2) is 0 Å². The number of hydrogen-bond donors (Lipinski definition) is 1. The van der Waals surface area contributed by atoms with Gasteiger partial charge in [0.2, 0.25) is 0 Å². The van der Waals surface area contributed by atoms with Gasteiger partial charge in [-0.2, -0.15) is 5.10 Å². The van der Waals surface area contributed by atoms with Gasteiger partial charge in [0.05, 0.1) is 11.4 Å². The second-order valence-electron chi connectivity index (χ2n) is 10.4. The number of allylic oxidation sites excluding steroid dienone is 1. The molecule has 7 aromatic carbocycles. The van der Waals surface area contributed by atoms with Gasteiger partial charge in [0.25, 0.3) is 0 Å². The summed E-state index contributed by atoms with van der Waals surface area (Å²) in [5.74, 6) is 0. The number of rotatable bonds is 3. The zero-order valence-corrected chi connectivity index (χ0v) is 22.4. The van der Waals surface area contributed by atoms with Gasteiger partial charge in [-0.3, -0.25) is 5.43 Å². The monoisotopic (exact) mass is 522 g/mol. The predicted molar refractivity (Wildman–Crippen MR) is 174 cm³/mol. The third kappa shape index (κ3) is 3.84. The number of benzene rings is 7. The normalized spacial score (nSPS) is 13.1. The molecular formula is C39H26N2. The van der Waals surface area contributed by atoms with Crippen molar-refractivity contribution < 1.29 is 0 Å². The summed E-state index contributed by atoms with van der Waals surface area (Å²) in [4.78, 5) is 0. The first kappa shape index (κ1) is 23.4. The molecule has 192 valence electrons. The summed E-state index contributed by atoms with van der Waals surface area (Å²) in [5, 5.41) is 12.4. The molecule has 1 N–H and O–H groups in total. The Bertz CT molecular complexity index is 2170. The van der Waals surface area contributed by atoms with Crippen LogP contribution >= 0.6 is 0 Å². The molecule has 0 saturated heterocycles. The fourth-order valence-electron chi connectivity index (χ4n) is 6.28. The van der Waals surface area contributed by atoms with E-state index in [1.807, 2.05) is 0 Å². The molecule has 0 aliphatic carbocycles. The molecule has 0 unspecified atom stereocenters. The van der Waals surface area contributed by atoms with Gasteiger partial charge in [0, 0.05) is 22.3 Å². The van der Waals surface area contributed by atoms with Gasteiger partial charge in [0.1, 0.15) is 0 Å². The predicted octanol–water partition coefficient (Wildman–Crippen LogP) is 9.94. The van der Waals surface area contributed by atoms with Crippen LogP contribution in [0.4, 0.5) is 5.69 Å². The van der Waals surface area contributed by atoms with Crippen molar-refractivity contribution >= 4 is 54.9 Å². The third-order valence-corrected chi connectivity index (χ3v) is 8.13. The molecule has 0 amide bonds. The maximum atomic E-state index is 5.21. The summed E-state index contributed by atoms with van der Waals surface area (Å²) >= 11 is 0. The Kier molecular flexibility index (Phi) is 5.49. The van der Waals surface area contributed by atoms with E-state index >= 15 is 0 Å². The van der Waals surface area contributed by atoms with Crippen LogP contribution in [0, 0.1) is 0 Å². The van der Waals surface area contributed by atoms with Crippen molar-refractivity contribution in [2.45, 2.75) is 0 Å². The molecule has 41 heavy (non-hydrogen) atoms. The molecule has 1 aliphatic heterocycles. The van der Waals surface area contributed by atoms with Crippen LogP contribution in [0.15, 0.2) is 157 Å². The number of nitrogens with one attached hydrogen (secondary N) is 1. The summed E-state index contributed by atoms with van der Waals surface area (Å²) in [5.41, 5.74) is 12.3. The molecule has 2 nitrogen and oxygen atoms in total. The zero-order chi connectivity index (χ0) is 27.2. The van der Waals surface area contributed by atoms with Crippen molar-refractivity contribution in [1.82, 2.24) is 0 Å². The average Bonchev–Trinajstić information content (AvgIpc) is 3.21. The van der Waals surface area contributed by atoms with E-state index < -0.39 is 0 Å². The van der Waals surface area contributed by atoms with Crippen LogP contribution < -0.4 is 5.43 Å². The molecule has 0 radical (unpaired) electrons. The Morgan fingerprint density at radius 3 is 1.37 bits per heavy atom. The van der Waals surface area contributed by atoms with Crippen molar-refractivity contribution in [3.05, 3.63) is 174 Å². The van der Waals surface area contributed by atoms with Crippen LogP contribution in [0.1, 0.15) is 22.3 Å². The molecular weight excluding hydrogens is 496 g/mol. The first-order valence-corrected chi connectivity index (χ1v) is 14.0. The van der Waals surface area contributed by atoms with E-state index in [0.29, 0.717) is 0 Å². The van der Waals surface area contributed by atoms with Crippen LogP contribution in [0.5, 0.6) is 0 Å². The summed E-state index contributed by atoms with van der Waals surface area (Å²) in [6, 6.07) is 54.1. The van der Waals surface area contributed by atoms with Crippen molar-refractivity contribution in [2.24, 2.45) is 5.10 Å². The van der Waals surface area contributed by atoms with Crippen LogP contribution in [0.25, 0.3) is 43.5 Å². The number of nitrogens with zero attached hydrogens (tertiary/aromatic N) is 1. The Balaban J connectivity index is 1.59. The smallest absolute Gasteiger partial charge is 0.0996 e. The molecule has 0 bridgehead atoms. The summed E-state index contributed by atoms with van der Waals surface area (Å²) in [6.07, 6.45) is 0. The quantitative estimate of drug-likeness (QED) is 0.245. The highest BCUT2D eigenvalue weighted by atomic mass is 15.3. The molecule has 0 fully saturated rings. The van der Waals surface area contributed by atoms with Crippen molar-refractivity contribution in [1.29, 1.82) is 0 Å². The fraction of sp³-hybridized carbons (Fsp3) is 0. The van der Waals surface area contributed by atoms with E-state index in [4.69, 9.17) is 5.10 Å². The SMILES string of the molecule is c1ccc2c(c1)NN=C(c1cccc3ccccc13)C(c1cccc3ccccc13)=C2c1cccc2ccccc12. The van der Waals surface area contributed by atoms with Crippen LogP contribution in [0.2, 0.25) is 0 Å². The van der Waals surface area contributed by atoms with Crippen LogP contribution in [0.3, 0.4) is 0 Å². The van der Waals surface area contributed by atoms with Gasteiger partial charge in [-0.05, 0) is 49.5 Å². The fourth-order valence-corrected chi connectivity index (χ4v) is 6.28. The Labute approximate surface area is 238 Å². The molecule has 1 aliphatic rings. The lowest BCUT2D eigenvalue weighted by molar-refractivity contribution is 1.34. The van der Waals surface area contributed by atoms with E-state index in [1.54, 1.807) is 0 Å². The molecule has 1 heterocycles. The van der Waals surface area contributed by atoms with Crippen LogP contribution in [-0.4, -0.2) is 5.71 Å². The lowest BCUT2D eigenvalue weighted by Crippen LogP contribution is -2.09. The molecule has 8 rings (SSSR count). The minimum atomic E-state index is 0.928. The van der Waals surface area contributed by atoms with E-state index in [2.05, 4.69) is 157 Å². The lowest BCUT2D eigenvalue weighted by atomic mass is 9.81. The van der Waals surface area contributed by atoms with Gasteiger partial charge in [0.15, 0.2) is 0 Å². The molecule has 0 atom stereocenters. The molecule has 0 saturated carbocycles. The Morgan fingerprint density at radius 2 is 0.756 bits per heavy atom. The largest absolute Gasteiger partial charge is 0.277 e. The van der Waals surface area contributed by atoms with Crippen molar-refractivity contribution in [2.75, 3.05) is 5.43 Å². The first-order valence-electron chi connectivity index (χ1n) is 14.0. The number of hydrazone groups is 1. The van der Waals surface area contributed by atoms with E-state index in [-0.39, 0.29) is 0 Å². The highest BCUT2D eigenvalue weighted by Gasteiger charge is 2.27. The van der Waals surface area contributed by atoms with Gasteiger partial charge in [-0.15, -0.1) is 0 Å². The van der Waals surface area contributed by atoms with Crippen LogP contribution in [-0.2, 0) is 0 Å². The highest BCUT2D eigenvalue weighted by molar-refractivity contribution is 6.43. The van der Waals surface area contributed by atoms with Gasteiger partial charge in [-0.1, -0.05) is 146 Å². The van der Waals surface area contributed by atoms with E-state index in [9.17, 15) is 0 Å². The molecule has 7 aromatic rings. The second kappa shape index (κ2) is 9.62. The summed E-state index contributed by atoms with van der Waals surface area (Å²) in [6.45, 7) is 0. The van der Waals surface area contributed by atoms with E-state index in [1.165, 1.54) is 43.5 Å². The maximum Gasteiger partial charge on any atom is 0.0996 e. The standard InChI is InChI=1S/C39H26N2/c1-4-18-29-26(12-1)15-9-22-32(29)37-35-21-7-8-25-36(35)40-41-39(34-24-11-17-28-14-3-6-20-31(28)34)38(37)33-23-10-16-27-13-2-5-19-30(27)33/h1-25,40H. The van der Waals surface area contributed by atoms with Gasteiger partial charge >= 0.3 is 0 Å². The minimum Gasteiger partial charge on any atom is -0.277 e. The number of anilines is 1. The number of hydrogen-bond acceptors (Lipinski definition) is 2. The minimum absolute atomic E-state index is 0.928. The first-order chi connectivity index (χ1) is 20.4. The summed E-state index contributed by atoms with van der Waals surface area (Å²) in [7, 11) is 0. The number of para-hydroxylation sites is 1. The van der Waals surface area contributed by atoms with Crippen molar-refractivity contribution in [3.63, 3.8) is 0 Å². The molecule has 0 spiro atoms. The second-order valence-corrected chi connectivity index (χ2v) is 10.4. The van der Waals surface area contributed by atoms with Crippen molar-refractivity contribution in [3.8, 4) is 0 Å². The average molecular weight is 523 g/mol. The highest BCUT2D eigenvalue weighted by Crippen LogP contribution is 2.44. The number of fused-ring (bicyclic) bond motifs is 4. The summed E-state index contributed by atoms with van der Waals surface area (Å²) < 4.78 is 0. The van der Waals surface area contributed by atoms with E-state index in [0.717, 1.165) is 33.7 Å². The molecule has 0 aromatic heterocycles. The third-order valence-electron chi connectivity index (χ3n) is 8.13. The maximum absolute atomic E-state index is 5.21. The lowest BCUT2D eigenvalue weighted by Gasteiger charge is -2.21.